The number of aliphatic hydroxyl groups is 8. The predicted octanol–water partition coefficient (Wildman–Crippen LogP) is 1.41. The lowest BCUT2D eigenvalue weighted by Crippen LogP contribution is -2.71. The fourth-order valence-electron chi connectivity index (χ4n) is 12.3. The first kappa shape index (κ1) is 35.7. The van der Waals surface area contributed by atoms with E-state index in [0.29, 0.717) is 38.5 Å². The summed E-state index contributed by atoms with van der Waals surface area (Å²) < 4.78 is 11.5. The molecule has 1 saturated heterocycles. The van der Waals surface area contributed by atoms with Crippen LogP contribution < -0.4 is 0 Å². The summed E-state index contributed by atoms with van der Waals surface area (Å²) in [6.45, 7) is 11.8. The van der Waals surface area contributed by atoms with Gasteiger partial charge in [0, 0.05) is 11.3 Å². The Balaban J connectivity index is 1.38. The summed E-state index contributed by atoms with van der Waals surface area (Å²) in [5.74, 6) is -1.09. The Morgan fingerprint density at radius 3 is 2.15 bits per heavy atom. The normalized spacial score (nSPS) is 55.4. The average molecular weight is 667 g/mol. The van der Waals surface area contributed by atoms with E-state index in [-0.39, 0.29) is 23.9 Å². The highest BCUT2D eigenvalue weighted by Gasteiger charge is 2.72. The lowest BCUT2D eigenvalue weighted by Gasteiger charge is -2.72. The number of allylic oxidation sites excluding steroid dienone is 2. The van der Waals surface area contributed by atoms with Crippen LogP contribution in [0.5, 0.6) is 0 Å². The number of ether oxygens (including phenoxy) is 2. The maximum absolute atomic E-state index is 14.4. The zero-order valence-electron chi connectivity index (χ0n) is 28.8. The molecule has 11 heteroatoms. The highest BCUT2D eigenvalue weighted by Crippen LogP contribution is 2.75. The first-order chi connectivity index (χ1) is 21.8. The molecule has 8 N–H and O–H groups in total. The van der Waals surface area contributed by atoms with Gasteiger partial charge in [-0.1, -0.05) is 53.2 Å². The maximum atomic E-state index is 14.4. The summed E-state index contributed by atoms with van der Waals surface area (Å²) in [6.07, 6.45) is -3.65. The van der Waals surface area contributed by atoms with Gasteiger partial charge in [0.05, 0.1) is 36.9 Å². The molecule has 4 saturated carbocycles. The summed E-state index contributed by atoms with van der Waals surface area (Å²) in [5, 5.41) is 85.8. The largest absolute Gasteiger partial charge is 0.432 e. The summed E-state index contributed by atoms with van der Waals surface area (Å²) >= 11 is 0. The molecule has 6 aliphatic rings. The highest BCUT2D eigenvalue weighted by atomic mass is 16.7. The summed E-state index contributed by atoms with van der Waals surface area (Å²) in [5.41, 5.74) is -2.27. The summed E-state index contributed by atoms with van der Waals surface area (Å²) in [4.78, 5) is 14.4. The maximum Gasteiger partial charge on any atom is 0.315 e. The van der Waals surface area contributed by atoms with E-state index in [0.717, 1.165) is 12.8 Å². The van der Waals surface area contributed by atoms with Gasteiger partial charge in [-0.3, -0.25) is 4.79 Å². The van der Waals surface area contributed by atoms with E-state index < -0.39 is 94.6 Å². The molecule has 1 aliphatic heterocycles. The number of fused-ring (bicyclic) bond motifs is 7. The van der Waals surface area contributed by atoms with Crippen molar-refractivity contribution in [2.24, 2.45) is 50.2 Å². The lowest BCUT2D eigenvalue weighted by molar-refractivity contribution is -0.298. The Labute approximate surface area is 278 Å². The molecule has 268 valence electrons. The van der Waals surface area contributed by atoms with Crippen LogP contribution in [0.25, 0.3) is 0 Å². The van der Waals surface area contributed by atoms with Gasteiger partial charge in [-0.2, -0.15) is 0 Å². The van der Waals surface area contributed by atoms with Gasteiger partial charge in [0.2, 0.25) is 6.29 Å². The third kappa shape index (κ3) is 4.81. The number of hydrogen-bond donors (Lipinski definition) is 8. The van der Waals surface area contributed by atoms with Crippen LogP contribution in [0, 0.1) is 50.2 Å². The third-order valence-electron chi connectivity index (χ3n) is 15.1. The van der Waals surface area contributed by atoms with Gasteiger partial charge in [0.25, 0.3) is 0 Å². The van der Waals surface area contributed by atoms with E-state index in [4.69, 9.17) is 9.47 Å². The van der Waals surface area contributed by atoms with Crippen molar-refractivity contribution >= 4 is 5.97 Å². The molecule has 0 amide bonds. The molecule has 0 aromatic carbocycles. The third-order valence-corrected chi connectivity index (χ3v) is 15.1. The van der Waals surface area contributed by atoms with Crippen LogP contribution in [-0.2, 0) is 14.3 Å². The fraction of sp³-hybridized carbons (Fsp3) is 0.917. The molecule has 5 fully saturated rings. The second kappa shape index (κ2) is 11.4. The van der Waals surface area contributed by atoms with Crippen LogP contribution in [0.1, 0.15) is 92.9 Å². The zero-order chi connectivity index (χ0) is 34.7. The number of esters is 1. The summed E-state index contributed by atoms with van der Waals surface area (Å²) in [6, 6.07) is 0. The minimum absolute atomic E-state index is 0.0374. The van der Waals surface area contributed by atoms with Gasteiger partial charge < -0.3 is 50.3 Å². The molecule has 5 aliphatic carbocycles. The minimum Gasteiger partial charge on any atom is -0.432 e. The average Bonchev–Trinajstić information content (AvgIpc) is 3.00. The number of carbonyl (C=O) groups excluding carboxylic acids is 1. The van der Waals surface area contributed by atoms with E-state index >= 15 is 0 Å². The Morgan fingerprint density at radius 2 is 1.51 bits per heavy atom. The quantitative estimate of drug-likeness (QED) is 0.160. The van der Waals surface area contributed by atoms with Gasteiger partial charge in [-0.15, -0.1) is 0 Å². The topological polar surface area (TPSA) is 197 Å². The zero-order valence-corrected chi connectivity index (χ0v) is 28.8. The van der Waals surface area contributed by atoms with Crippen LogP contribution in [0.2, 0.25) is 0 Å². The van der Waals surface area contributed by atoms with Crippen molar-refractivity contribution in [3.63, 3.8) is 0 Å². The van der Waals surface area contributed by atoms with E-state index in [1.54, 1.807) is 6.92 Å². The lowest BCUT2D eigenvalue weighted by atomic mass is 9.33. The standard InChI is InChI=1S/C36H58O11/c1-31(2)9-11-36(30(45)47-29-26(43)25(42)24(41)22(16-37)46-29)12-10-34(5)18(19(36)13-31)7-8-23-32(3)14-21(40)28(44)33(4,17-38)27(32)20(39)15-35(23,34)6/h7,19-29,37-44H,8-17H2,1-6H3/t19?,20-,21-,22-,23?,24-,25+,26-,27?,28+,29+,32-,33+,34-,35-,36+/m1/s1. The number of rotatable bonds is 4. The van der Waals surface area contributed by atoms with Gasteiger partial charge >= 0.3 is 5.97 Å². The Bertz CT molecular complexity index is 1270. The molecule has 16 atom stereocenters. The van der Waals surface area contributed by atoms with Crippen molar-refractivity contribution in [3.8, 4) is 0 Å². The van der Waals surface area contributed by atoms with Gasteiger partial charge in [0.15, 0.2) is 0 Å². The Kier molecular flexibility index (Phi) is 8.68. The van der Waals surface area contributed by atoms with Crippen LogP contribution >= 0.6 is 0 Å². The first-order valence-electron chi connectivity index (χ1n) is 17.6. The van der Waals surface area contributed by atoms with Crippen molar-refractivity contribution in [2.75, 3.05) is 13.2 Å². The second-order valence-electron chi connectivity index (χ2n) is 18.0. The molecule has 0 aromatic rings. The van der Waals surface area contributed by atoms with Gasteiger partial charge in [0.1, 0.15) is 24.4 Å². The van der Waals surface area contributed by atoms with Crippen LogP contribution in [-0.4, -0.2) is 109 Å². The molecule has 0 aromatic heterocycles. The highest BCUT2D eigenvalue weighted by molar-refractivity contribution is 5.79. The number of aliphatic hydroxyl groups excluding tert-OH is 8. The van der Waals surface area contributed by atoms with Crippen LogP contribution in [0.4, 0.5) is 0 Å². The smallest absolute Gasteiger partial charge is 0.315 e. The van der Waals surface area contributed by atoms with Crippen LogP contribution in [0.3, 0.4) is 0 Å². The van der Waals surface area contributed by atoms with Crippen molar-refractivity contribution in [2.45, 2.75) is 142 Å². The molecular formula is C36H58O11. The monoisotopic (exact) mass is 666 g/mol. The van der Waals surface area contributed by atoms with E-state index in [1.807, 2.05) is 0 Å². The summed E-state index contributed by atoms with van der Waals surface area (Å²) in [7, 11) is 0. The van der Waals surface area contributed by atoms with Crippen molar-refractivity contribution in [1.29, 1.82) is 0 Å². The fourth-order valence-corrected chi connectivity index (χ4v) is 12.3. The molecule has 3 unspecified atom stereocenters. The van der Waals surface area contributed by atoms with E-state index in [2.05, 4.69) is 40.7 Å². The number of carbonyl (C=O) groups is 1. The van der Waals surface area contributed by atoms with E-state index in [9.17, 15) is 45.6 Å². The Hall–Kier alpha value is -1.15. The van der Waals surface area contributed by atoms with Crippen molar-refractivity contribution in [1.82, 2.24) is 0 Å². The molecule has 6 rings (SSSR count). The van der Waals surface area contributed by atoms with Gasteiger partial charge in [-0.25, -0.2) is 0 Å². The molecule has 11 nitrogen and oxygen atoms in total. The second-order valence-corrected chi connectivity index (χ2v) is 18.0. The van der Waals surface area contributed by atoms with Crippen LogP contribution in [0.15, 0.2) is 11.6 Å². The molecule has 0 radical (unpaired) electrons. The van der Waals surface area contributed by atoms with Crippen molar-refractivity contribution < 1.29 is 55.1 Å². The molecule has 0 spiro atoms. The van der Waals surface area contributed by atoms with Gasteiger partial charge in [-0.05, 0) is 84.9 Å². The molecule has 0 bridgehead atoms. The SMILES string of the molecule is CC1(C)CC[C@]2(C(=O)O[C@@H]3O[C@H](CO)[C@@H](O)[C@H](O)[C@H]3O)CC[C@]3(C)C(=CCC4[C@@]5(C)C[C@@H](O)[C@H](O)[C@@](C)(CO)C5[C@H](O)C[C@]43C)C2C1. The first-order valence-corrected chi connectivity index (χ1v) is 17.6. The number of hydrogen-bond acceptors (Lipinski definition) is 11. The molecule has 47 heavy (non-hydrogen) atoms. The Morgan fingerprint density at radius 1 is 0.851 bits per heavy atom. The predicted molar refractivity (Wildman–Crippen MR) is 169 cm³/mol. The minimum atomic E-state index is -1.68. The molecular weight excluding hydrogens is 608 g/mol. The van der Waals surface area contributed by atoms with E-state index in [1.165, 1.54) is 5.57 Å². The molecule has 1 heterocycles. The van der Waals surface area contributed by atoms with Crippen molar-refractivity contribution in [3.05, 3.63) is 11.6 Å².